The Morgan fingerprint density at radius 1 is 0.824 bits per heavy atom. The minimum absolute atomic E-state index is 0.155. The summed E-state index contributed by atoms with van der Waals surface area (Å²) in [5.41, 5.74) is 1.46. The van der Waals surface area contributed by atoms with E-state index >= 15 is 0 Å². The van der Waals surface area contributed by atoms with Crippen molar-refractivity contribution in [3.63, 3.8) is 0 Å². The SMILES string of the molecule is CO/N=C(\C)[C@]1(O[Si](C)(C)C)CC[C@H]2[C@@H]3CC[C@H]4C[C@@H](O[Si](C)(C)C)CC[C@]4(C)[C@H]3CC[C@@]21C. The zero-order valence-electron chi connectivity index (χ0n) is 23.9. The van der Waals surface area contributed by atoms with Crippen LogP contribution >= 0.6 is 0 Å². The molecule has 0 unspecified atom stereocenters. The fourth-order valence-electron chi connectivity index (χ4n) is 9.39. The maximum atomic E-state index is 7.16. The van der Waals surface area contributed by atoms with Crippen molar-refractivity contribution in [3.8, 4) is 0 Å². The molecule has 8 atom stereocenters. The second-order valence-electron chi connectivity index (χ2n) is 14.7. The first-order chi connectivity index (χ1) is 15.7. The lowest BCUT2D eigenvalue weighted by atomic mass is 9.44. The topological polar surface area (TPSA) is 40.0 Å². The largest absolute Gasteiger partial charge is 0.415 e. The predicted molar refractivity (Wildman–Crippen MR) is 147 cm³/mol. The fraction of sp³-hybridized carbons (Fsp3) is 0.964. The fourth-order valence-corrected chi connectivity index (χ4v) is 12.1. The predicted octanol–water partition coefficient (Wildman–Crippen LogP) is 7.86. The van der Waals surface area contributed by atoms with E-state index in [2.05, 4.69) is 65.2 Å². The quantitative estimate of drug-likeness (QED) is 0.209. The molecule has 4 aliphatic rings. The summed E-state index contributed by atoms with van der Waals surface area (Å²) in [7, 11) is -1.56. The van der Waals surface area contributed by atoms with Gasteiger partial charge in [-0.05, 0) is 133 Å². The van der Waals surface area contributed by atoms with Crippen LogP contribution in [-0.2, 0) is 13.7 Å². The molecule has 0 radical (unpaired) electrons. The molecule has 4 aliphatic carbocycles. The molecule has 0 aromatic heterocycles. The van der Waals surface area contributed by atoms with Gasteiger partial charge in [-0.1, -0.05) is 19.0 Å². The maximum absolute atomic E-state index is 7.16. The molecule has 0 heterocycles. The zero-order chi connectivity index (χ0) is 25.2. The van der Waals surface area contributed by atoms with E-state index in [0.717, 1.165) is 35.8 Å². The van der Waals surface area contributed by atoms with E-state index in [1.165, 1.54) is 51.4 Å². The van der Waals surface area contributed by atoms with E-state index in [4.69, 9.17) is 13.7 Å². The molecule has 0 bridgehead atoms. The Labute approximate surface area is 212 Å². The van der Waals surface area contributed by atoms with Crippen LogP contribution in [0.2, 0.25) is 39.3 Å². The highest BCUT2D eigenvalue weighted by Gasteiger charge is 2.67. The highest BCUT2D eigenvalue weighted by molar-refractivity contribution is 6.70. The van der Waals surface area contributed by atoms with Crippen molar-refractivity contribution in [2.45, 2.75) is 130 Å². The second kappa shape index (κ2) is 8.99. The Morgan fingerprint density at radius 3 is 2.12 bits per heavy atom. The monoisotopic (exact) mass is 507 g/mol. The van der Waals surface area contributed by atoms with E-state index in [1.807, 2.05) is 0 Å². The van der Waals surface area contributed by atoms with Gasteiger partial charge in [0, 0.05) is 11.5 Å². The molecule has 4 rings (SSSR count). The molecule has 0 aromatic rings. The van der Waals surface area contributed by atoms with E-state index < -0.39 is 16.6 Å². The van der Waals surface area contributed by atoms with Gasteiger partial charge in [0.05, 0.1) is 5.71 Å². The molecule has 4 saturated carbocycles. The summed E-state index contributed by atoms with van der Waals surface area (Å²) in [4.78, 5) is 5.33. The number of fused-ring (bicyclic) bond motifs is 5. The van der Waals surface area contributed by atoms with Crippen molar-refractivity contribution in [1.29, 1.82) is 0 Å². The summed E-state index contributed by atoms with van der Waals surface area (Å²) in [5.74, 6) is 3.27. The number of nitrogens with zero attached hydrogens (tertiary/aromatic N) is 1. The van der Waals surface area contributed by atoms with Crippen molar-refractivity contribution in [2.75, 3.05) is 7.11 Å². The highest BCUT2D eigenvalue weighted by atomic mass is 28.4. The molecular formula is C28H53NO3Si2. The minimum Gasteiger partial charge on any atom is -0.415 e. The molecular weight excluding hydrogens is 454 g/mol. The van der Waals surface area contributed by atoms with Crippen molar-refractivity contribution in [2.24, 2.45) is 39.7 Å². The van der Waals surface area contributed by atoms with Crippen LogP contribution in [0.25, 0.3) is 0 Å². The molecule has 6 heteroatoms. The standard InChI is InChI=1S/C28H53NO3Si2/c1-20(29-30-4)28(32-34(8,9)10)18-15-25-23-12-11-21-19-22(31-33(5,6)7)13-16-26(21,2)24(23)14-17-27(25,28)3/h21-25H,11-19H2,1-10H3/b29-20+/t21-,22-,23+,24-,25-,26-,27-,28+/m0/s1. The molecule has 34 heavy (non-hydrogen) atoms. The highest BCUT2D eigenvalue weighted by Crippen LogP contribution is 2.69. The van der Waals surface area contributed by atoms with Gasteiger partial charge in [-0.2, -0.15) is 0 Å². The normalized spacial score (nSPS) is 45.4. The van der Waals surface area contributed by atoms with Gasteiger partial charge >= 0.3 is 0 Å². The third-order valence-corrected chi connectivity index (χ3v) is 12.6. The number of hydrogen-bond acceptors (Lipinski definition) is 4. The summed E-state index contributed by atoms with van der Waals surface area (Å²) < 4.78 is 13.8. The summed E-state index contributed by atoms with van der Waals surface area (Å²) in [6, 6.07) is 0. The Hall–Kier alpha value is -0.176. The van der Waals surface area contributed by atoms with Crippen molar-refractivity contribution in [1.82, 2.24) is 0 Å². The Morgan fingerprint density at radius 2 is 1.50 bits per heavy atom. The minimum atomic E-state index is -1.77. The van der Waals surface area contributed by atoms with Crippen LogP contribution < -0.4 is 0 Å². The molecule has 0 aliphatic heterocycles. The van der Waals surface area contributed by atoms with Gasteiger partial charge < -0.3 is 13.7 Å². The van der Waals surface area contributed by atoms with Crippen LogP contribution in [0, 0.1) is 34.5 Å². The molecule has 0 amide bonds. The molecule has 4 fully saturated rings. The van der Waals surface area contributed by atoms with E-state index in [1.54, 1.807) is 7.11 Å². The van der Waals surface area contributed by atoms with Crippen LogP contribution in [0.1, 0.15) is 78.6 Å². The van der Waals surface area contributed by atoms with Crippen LogP contribution in [0.15, 0.2) is 5.16 Å². The van der Waals surface area contributed by atoms with E-state index in [0.29, 0.717) is 11.5 Å². The molecule has 0 saturated heterocycles. The molecule has 196 valence electrons. The van der Waals surface area contributed by atoms with E-state index in [9.17, 15) is 0 Å². The average Bonchev–Trinajstić information content (AvgIpc) is 2.99. The lowest BCUT2D eigenvalue weighted by molar-refractivity contribution is -0.139. The first-order valence-corrected chi connectivity index (χ1v) is 20.9. The lowest BCUT2D eigenvalue weighted by Crippen LogP contribution is -2.61. The molecule has 0 spiro atoms. The maximum Gasteiger partial charge on any atom is 0.185 e. The van der Waals surface area contributed by atoms with Crippen LogP contribution in [0.5, 0.6) is 0 Å². The van der Waals surface area contributed by atoms with Crippen molar-refractivity contribution >= 4 is 22.3 Å². The average molecular weight is 508 g/mol. The van der Waals surface area contributed by atoms with Gasteiger partial charge in [-0.3, -0.25) is 0 Å². The van der Waals surface area contributed by atoms with Gasteiger partial charge in [-0.25, -0.2) is 0 Å². The molecule has 0 aromatic carbocycles. The van der Waals surface area contributed by atoms with Crippen molar-refractivity contribution in [3.05, 3.63) is 0 Å². The smallest absolute Gasteiger partial charge is 0.185 e. The van der Waals surface area contributed by atoms with Gasteiger partial charge in [-0.15, -0.1) is 0 Å². The molecule has 4 nitrogen and oxygen atoms in total. The Balaban J connectivity index is 1.60. The summed E-state index contributed by atoms with van der Waals surface area (Å²) in [5, 5.41) is 4.52. The third kappa shape index (κ3) is 4.52. The van der Waals surface area contributed by atoms with Crippen LogP contribution in [0.4, 0.5) is 0 Å². The molecule has 0 N–H and O–H groups in total. The van der Waals surface area contributed by atoms with E-state index in [-0.39, 0.29) is 11.0 Å². The van der Waals surface area contributed by atoms with Gasteiger partial charge in [0.1, 0.15) is 12.7 Å². The summed E-state index contributed by atoms with van der Waals surface area (Å²) >= 11 is 0. The zero-order valence-corrected chi connectivity index (χ0v) is 25.9. The summed E-state index contributed by atoms with van der Waals surface area (Å²) in [6.07, 6.45) is 12.2. The van der Waals surface area contributed by atoms with Gasteiger partial charge in [0.2, 0.25) is 0 Å². The number of rotatable bonds is 6. The Bertz CT molecular complexity index is 790. The Kier molecular flexibility index (Phi) is 7.10. The second-order valence-corrected chi connectivity index (χ2v) is 23.6. The van der Waals surface area contributed by atoms with Gasteiger partial charge in [0.15, 0.2) is 16.6 Å². The number of oxime groups is 1. The van der Waals surface area contributed by atoms with Crippen molar-refractivity contribution < 1.29 is 13.7 Å². The van der Waals surface area contributed by atoms with Crippen LogP contribution in [0.3, 0.4) is 0 Å². The summed E-state index contributed by atoms with van der Waals surface area (Å²) in [6.45, 7) is 21.5. The number of hydrogen-bond donors (Lipinski definition) is 0. The van der Waals surface area contributed by atoms with Crippen LogP contribution in [-0.4, -0.2) is 41.2 Å². The first kappa shape index (κ1) is 26.9. The third-order valence-electron chi connectivity index (χ3n) is 10.6. The first-order valence-electron chi connectivity index (χ1n) is 14.1. The lowest BCUT2D eigenvalue weighted by Gasteiger charge is -2.62. The van der Waals surface area contributed by atoms with Gasteiger partial charge in [0.25, 0.3) is 0 Å².